The molecule has 1 aromatic carbocycles. The van der Waals surface area contributed by atoms with Gasteiger partial charge < -0.3 is 20.1 Å². The first-order valence-corrected chi connectivity index (χ1v) is 7.80. The topological polar surface area (TPSA) is 44.7 Å². The molecule has 1 aromatic rings. The summed E-state index contributed by atoms with van der Waals surface area (Å²) in [4.78, 5) is 2.32. The Labute approximate surface area is 132 Å². The molecule has 118 valence electrons. The fourth-order valence-electron chi connectivity index (χ4n) is 3.16. The van der Waals surface area contributed by atoms with Crippen molar-refractivity contribution >= 4 is 11.6 Å². The Bertz CT molecular complexity index is 485. The summed E-state index contributed by atoms with van der Waals surface area (Å²) in [5.74, 6) is 0.585. The second kappa shape index (κ2) is 6.86. The van der Waals surface area contributed by atoms with E-state index in [1.54, 1.807) is 12.1 Å². The first-order valence-electron chi connectivity index (χ1n) is 7.42. The van der Waals surface area contributed by atoms with E-state index in [4.69, 9.17) is 16.3 Å². The number of rotatable bonds is 6. The van der Waals surface area contributed by atoms with E-state index in [1.165, 1.54) is 32.8 Å². The second-order valence-electron chi connectivity index (χ2n) is 6.05. The molecule has 0 heterocycles. The quantitative estimate of drug-likeness (QED) is 0.847. The van der Waals surface area contributed by atoms with Crippen LogP contribution in [0.5, 0.6) is 11.5 Å². The summed E-state index contributed by atoms with van der Waals surface area (Å²) < 4.78 is 5.13. The minimum Gasteiger partial charge on any atom is -0.504 e. The molecule has 5 heteroatoms. The van der Waals surface area contributed by atoms with Crippen molar-refractivity contribution in [3.63, 3.8) is 0 Å². The highest BCUT2D eigenvalue weighted by Crippen LogP contribution is 2.35. The van der Waals surface area contributed by atoms with Gasteiger partial charge in [-0.3, -0.25) is 0 Å². The highest BCUT2D eigenvalue weighted by molar-refractivity contribution is 6.30. The molecule has 0 aromatic heterocycles. The minimum atomic E-state index is 0.166. The predicted octanol–water partition coefficient (Wildman–Crippen LogP) is 3.02. The van der Waals surface area contributed by atoms with Gasteiger partial charge in [0.05, 0.1) is 7.11 Å². The summed E-state index contributed by atoms with van der Waals surface area (Å²) in [5.41, 5.74) is 1.00. The lowest BCUT2D eigenvalue weighted by molar-refractivity contribution is 0.153. The largest absolute Gasteiger partial charge is 0.504 e. The molecule has 0 radical (unpaired) electrons. The van der Waals surface area contributed by atoms with Crippen LogP contribution in [0.2, 0.25) is 5.02 Å². The normalized spacial score (nSPS) is 17.4. The molecular formula is C16H25ClN2O2. The van der Waals surface area contributed by atoms with Crippen LogP contribution >= 0.6 is 11.6 Å². The van der Waals surface area contributed by atoms with Crippen LogP contribution in [-0.2, 0) is 6.54 Å². The van der Waals surface area contributed by atoms with Crippen molar-refractivity contribution in [2.24, 2.45) is 0 Å². The number of phenols is 1. The van der Waals surface area contributed by atoms with Gasteiger partial charge in [0.25, 0.3) is 0 Å². The first-order chi connectivity index (χ1) is 9.98. The molecule has 1 fully saturated rings. The molecule has 0 amide bonds. The van der Waals surface area contributed by atoms with E-state index in [0.29, 0.717) is 17.3 Å². The predicted molar refractivity (Wildman–Crippen MR) is 86.3 cm³/mol. The molecular weight excluding hydrogens is 288 g/mol. The van der Waals surface area contributed by atoms with Gasteiger partial charge in [-0.2, -0.15) is 0 Å². The minimum absolute atomic E-state index is 0.166. The smallest absolute Gasteiger partial charge is 0.162 e. The van der Waals surface area contributed by atoms with Crippen molar-refractivity contribution < 1.29 is 9.84 Å². The summed E-state index contributed by atoms with van der Waals surface area (Å²) in [6.45, 7) is 1.49. The van der Waals surface area contributed by atoms with Gasteiger partial charge in [0.2, 0.25) is 0 Å². The summed E-state index contributed by atoms with van der Waals surface area (Å²) >= 11 is 6.06. The third-order valence-electron chi connectivity index (χ3n) is 4.59. The van der Waals surface area contributed by atoms with Crippen molar-refractivity contribution in [3.05, 3.63) is 22.7 Å². The van der Waals surface area contributed by atoms with Gasteiger partial charge in [-0.05, 0) is 33.0 Å². The second-order valence-corrected chi connectivity index (χ2v) is 6.48. The van der Waals surface area contributed by atoms with E-state index in [0.717, 1.165) is 12.1 Å². The van der Waals surface area contributed by atoms with Crippen LogP contribution < -0.4 is 10.1 Å². The maximum Gasteiger partial charge on any atom is 0.162 e. The average molecular weight is 313 g/mol. The summed E-state index contributed by atoms with van der Waals surface area (Å²) in [7, 11) is 5.82. The summed E-state index contributed by atoms with van der Waals surface area (Å²) in [6, 6.07) is 3.40. The molecule has 2 rings (SSSR count). The summed E-state index contributed by atoms with van der Waals surface area (Å²) in [6.07, 6.45) is 5.02. The van der Waals surface area contributed by atoms with Gasteiger partial charge in [0.15, 0.2) is 11.5 Å². The SMILES string of the molecule is COc1cc(Cl)cc(CNCC2(N(C)C)CCCC2)c1O. The molecule has 0 saturated heterocycles. The van der Waals surface area contributed by atoms with E-state index >= 15 is 0 Å². The Balaban J connectivity index is 2.02. The number of halogens is 1. The molecule has 0 unspecified atom stereocenters. The zero-order valence-corrected chi connectivity index (χ0v) is 13.8. The lowest BCUT2D eigenvalue weighted by atomic mass is 9.96. The first kappa shape index (κ1) is 16.4. The third-order valence-corrected chi connectivity index (χ3v) is 4.81. The number of ether oxygens (including phenoxy) is 1. The fourth-order valence-corrected chi connectivity index (χ4v) is 3.39. The van der Waals surface area contributed by atoms with Crippen LogP contribution in [0.3, 0.4) is 0 Å². The maximum absolute atomic E-state index is 10.1. The van der Waals surface area contributed by atoms with Crippen LogP contribution in [0, 0.1) is 0 Å². The van der Waals surface area contributed by atoms with E-state index in [9.17, 15) is 5.11 Å². The van der Waals surface area contributed by atoms with Crippen molar-refractivity contribution in [2.45, 2.75) is 37.8 Å². The number of nitrogens with zero attached hydrogens (tertiary/aromatic N) is 1. The zero-order valence-electron chi connectivity index (χ0n) is 13.1. The third kappa shape index (κ3) is 3.62. The maximum atomic E-state index is 10.1. The Hall–Kier alpha value is -0.970. The van der Waals surface area contributed by atoms with Gasteiger partial charge in [-0.15, -0.1) is 0 Å². The van der Waals surface area contributed by atoms with E-state index < -0.39 is 0 Å². The molecule has 1 saturated carbocycles. The Morgan fingerprint density at radius 3 is 2.57 bits per heavy atom. The monoisotopic (exact) mass is 312 g/mol. The number of nitrogens with one attached hydrogen (secondary N) is 1. The molecule has 0 atom stereocenters. The Morgan fingerprint density at radius 1 is 1.33 bits per heavy atom. The van der Waals surface area contributed by atoms with Crippen molar-refractivity contribution in [1.29, 1.82) is 0 Å². The van der Waals surface area contributed by atoms with Gasteiger partial charge in [0.1, 0.15) is 0 Å². The lowest BCUT2D eigenvalue weighted by Gasteiger charge is -2.36. The number of hydrogen-bond acceptors (Lipinski definition) is 4. The molecule has 0 bridgehead atoms. The number of phenolic OH excluding ortho intramolecular Hbond substituents is 1. The molecule has 0 aliphatic heterocycles. The number of benzene rings is 1. The lowest BCUT2D eigenvalue weighted by Crippen LogP contribution is -2.49. The Kier molecular flexibility index (Phi) is 5.36. The van der Waals surface area contributed by atoms with Crippen LogP contribution in [0.1, 0.15) is 31.2 Å². The van der Waals surface area contributed by atoms with E-state index in [-0.39, 0.29) is 11.3 Å². The molecule has 1 aliphatic rings. The van der Waals surface area contributed by atoms with E-state index in [2.05, 4.69) is 24.3 Å². The van der Waals surface area contributed by atoms with Gasteiger partial charge in [-0.25, -0.2) is 0 Å². The van der Waals surface area contributed by atoms with E-state index in [1.807, 2.05) is 0 Å². The summed E-state index contributed by atoms with van der Waals surface area (Å²) in [5, 5.41) is 14.2. The van der Waals surface area contributed by atoms with Gasteiger partial charge >= 0.3 is 0 Å². The molecule has 2 N–H and O–H groups in total. The number of aromatic hydroxyl groups is 1. The van der Waals surface area contributed by atoms with Crippen LogP contribution in [0.4, 0.5) is 0 Å². The zero-order chi connectivity index (χ0) is 15.5. The Morgan fingerprint density at radius 2 is 2.00 bits per heavy atom. The van der Waals surface area contributed by atoms with Crippen LogP contribution in [-0.4, -0.2) is 43.3 Å². The number of hydrogen-bond donors (Lipinski definition) is 2. The van der Waals surface area contributed by atoms with Crippen molar-refractivity contribution in [3.8, 4) is 11.5 Å². The van der Waals surface area contributed by atoms with Gasteiger partial charge in [-0.1, -0.05) is 24.4 Å². The standard InChI is InChI=1S/C16H25ClN2O2/c1-19(2)16(6-4-5-7-16)11-18-10-12-8-13(17)9-14(21-3)15(12)20/h8-9,18,20H,4-7,10-11H2,1-3H3. The number of methoxy groups -OCH3 is 1. The number of likely N-dealkylation sites (N-methyl/N-ethyl adjacent to an activating group) is 1. The highest BCUT2D eigenvalue weighted by Gasteiger charge is 2.35. The molecule has 21 heavy (non-hydrogen) atoms. The van der Waals surface area contributed by atoms with Crippen molar-refractivity contribution in [2.75, 3.05) is 27.7 Å². The van der Waals surface area contributed by atoms with Crippen molar-refractivity contribution in [1.82, 2.24) is 10.2 Å². The average Bonchev–Trinajstić information content (AvgIpc) is 2.92. The molecule has 4 nitrogen and oxygen atoms in total. The fraction of sp³-hybridized carbons (Fsp3) is 0.625. The van der Waals surface area contributed by atoms with Crippen LogP contribution in [0.25, 0.3) is 0 Å². The molecule has 1 aliphatic carbocycles. The van der Waals surface area contributed by atoms with Crippen LogP contribution in [0.15, 0.2) is 12.1 Å². The molecule has 0 spiro atoms. The van der Waals surface area contributed by atoms with Gasteiger partial charge in [0, 0.05) is 35.3 Å². The highest BCUT2D eigenvalue weighted by atomic mass is 35.5.